The van der Waals surface area contributed by atoms with E-state index in [0.717, 1.165) is 18.1 Å². The molecule has 0 bridgehead atoms. The van der Waals surface area contributed by atoms with E-state index < -0.39 is 0 Å². The van der Waals surface area contributed by atoms with Gasteiger partial charge < -0.3 is 9.80 Å². The van der Waals surface area contributed by atoms with Crippen LogP contribution in [0.5, 0.6) is 0 Å². The molecular weight excluding hydrogens is 246 g/mol. The number of piperidine rings is 1. The second-order valence-electron chi connectivity index (χ2n) is 8.08. The van der Waals surface area contributed by atoms with E-state index in [1.165, 1.54) is 58.5 Å². The fraction of sp³-hybridized carbons (Fsp3) is 1.00. The first-order valence-electron chi connectivity index (χ1n) is 8.71. The molecule has 0 atom stereocenters. The van der Waals surface area contributed by atoms with Gasteiger partial charge in [0.25, 0.3) is 0 Å². The van der Waals surface area contributed by atoms with Crippen molar-refractivity contribution in [1.82, 2.24) is 14.7 Å². The van der Waals surface area contributed by atoms with Crippen LogP contribution in [0.15, 0.2) is 0 Å². The van der Waals surface area contributed by atoms with Crippen molar-refractivity contribution in [3.05, 3.63) is 0 Å². The minimum absolute atomic E-state index is 0.666. The highest BCUT2D eigenvalue weighted by molar-refractivity contribution is 5.04. The fourth-order valence-corrected chi connectivity index (χ4v) is 4.51. The molecule has 1 spiro atoms. The first kappa shape index (κ1) is 14.8. The molecule has 116 valence electrons. The lowest BCUT2D eigenvalue weighted by Crippen LogP contribution is -2.62. The monoisotopic (exact) mass is 279 g/mol. The van der Waals surface area contributed by atoms with Gasteiger partial charge in [-0.15, -0.1) is 0 Å². The van der Waals surface area contributed by atoms with Crippen molar-refractivity contribution in [3.63, 3.8) is 0 Å². The molecule has 0 radical (unpaired) electrons. The van der Waals surface area contributed by atoms with Crippen LogP contribution in [0.3, 0.4) is 0 Å². The number of hydrogen-bond donors (Lipinski definition) is 0. The van der Waals surface area contributed by atoms with Crippen molar-refractivity contribution >= 4 is 0 Å². The fourth-order valence-electron chi connectivity index (χ4n) is 4.51. The molecule has 0 N–H and O–H groups in total. The second kappa shape index (κ2) is 5.58. The van der Waals surface area contributed by atoms with Crippen LogP contribution in [-0.4, -0.2) is 72.1 Å². The summed E-state index contributed by atoms with van der Waals surface area (Å²) in [6.07, 6.45) is 4.22. The van der Waals surface area contributed by atoms with Crippen LogP contribution in [0.1, 0.15) is 47.0 Å². The molecular formula is C17H33N3. The van der Waals surface area contributed by atoms with Gasteiger partial charge in [-0.2, -0.15) is 0 Å². The largest absolute Gasteiger partial charge is 0.301 e. The van der Waals surface area contributed by atoms with E-state index >= 15 is 0 Å². The highest BCUT2D eigenvalue weighted by Crippen LogP contribution is 2.42. The van der Waals surface area contributed by atoms with Crippen LogP contribution in [0.25, 0.3) is 0 Å². The van der Waals surface area contributed by atoms with E-state index in [1.807, 2.05) is 0 Å². The number of nitrogens with zero attached hydrogens (tertiary/aromatic N) is 3. The quantitative estimate of drug-likeness (QED) is 0.785. The predicted molar refractivity (Wildman–Crippen MR) is 85.1 cm³/mol. The Hall–Kier alpha value is -0.120. The van der Waals surface area contributed by atoms with Gasteiger partial charge in [0.15, 0.2) is 0 Å². The Morgan fingerprint density at radius 1 is 0.800 bits per heavy atom. The van der Waals surface area contributed by atoms with Crippen LogP contribution >= 0.6 is 0 Å². The predicted octanol–water partition coefficient (Wildman–Crippen LogP) is 2.28. The molecule has 3 heteroatoms. The van der Waals surface area contributed by atoms with Crippen molar-refractivity contribution in [3.8, 4) is 0 Å². The van der Waals surface area contributed by atoms with Crippen molar-refractivity contribution in [2.45, 2.75) is 65.1 Å². The summed E-state index contributed by atoms with van der Waals surface area (Å²) in [5, 5.41) is 0. The van der Waals surface area contributed by atoms with E-state index in [2.05, 4.69) is 42.4 Å². The van der Waals surface area contributed by atoms with Crippen molar-refractivity contribution in [2.24, 2.45) is 5.41 Å². The Bertz CT molecular complexity index is 325. The Labute approximate surface area is 125 Å². The summed E-state index contributed by atoms with van der Waals surface area (Å²) >= 11 is 0. The molecule has 0 unspecified atom stereocenters. The summed E-state index contributed by atoms with van der Waals surface area (Å²) in [5.41, 5.74) is 0.666. The van der Waals surface area contributed by atoms with Gasteiger partial charge in [-0.1, -0.05) is 0 Å². The maximum Gasteiger partial charge on any atom is 0.0120 e. The third kappa shape index (κ3) is 2.77. The van der Waals surface area contributed by atoms with Crippen LogP contribution in [0.2, 0.25) is 0 Å². The first-order valence-corrected chi connectivity index (χ1v) is 8.71. The van der Waals surface area contributed by atoms with Gasteiger partial charge in [-0.3, -0.25) is 4.90 Å². The Morgan fingerprint density at radius 2 is 1.40 bits per heavy atom. The molecule has 20 heavy (non-hydrogen) atoms. The van der Waals surface area contributed by atoms with Crippen molar-refractivity contribution < 1.29 is 0 Å². The molecule has 3 fully saturated rings. The van der Waals surface area contributed by atoms with E-state index in [1.54, 1.807) is 0 Å². The Balaban J connectivity index is 1.45. The SMILES string of the molecule is CC(C)N1CCC(N2CC3(CCN(C(C)C)C3)C2)CC1. The minimum Gasteiger partial charge on any atom is -0.301 e. The zero-order valence-electron chi connectivity index (χ0n) is 13.9. The molecule has 3 aliphatic rings. The zero-order chi connectivity index (χ0) is 14.3. The zero-order valence-corrected chi connectivity index (χ0v) is 13.9. The maximum atomic E-state index is 2.79. The molecule has 0 aromatic rings. The summed E-state index contributed by atoms with van der Waals surface area (Å²) in [4.78, 5) is 8.11. The molecule has 0 saturated carbocycles. The smallest absolute Gasteiger partial charge is 0.0120 e. The van der Waals surface area contributed by atoms with Gasteiger partial charge in [0.1, 0.15) is 0 Å². The van der Waals surface area contributed by atoms with Gasteiger partial charge in [0.2, 0.25) is 0 Å². The van der Waals surface area contributed by atoms with Crippen molar-refractivity contribution in [2.75, 3.05) is 39.3 Å². The maximum absolute atomic E-state index is 2.79. The van der Waals surface area contributed by atoms with E-state index in [-0.39, 0.29) is 0 Å². The highest BCUT2D eigenvalue weighted by Gasteiger charge is 2.49. The van der Waals surface area contributed by atoms with Gasteiger partial charge in [0.05, 0.1) is 0 Å². The van der Waals surface area contributed by atoms with Crippen LogP contribution in [0.4, 0.5) is 0 Å². The molecule has 3 nitrogen and oxygen atoms in total. The lowest BCUT2D eigenvalue weighted by molar-refractivity contribution is -0.0451. The average molecular weight is 279 g/mol. The van der Waals surface area contributed by atoms with Gasteiger partial charge in [-0.25, -0.2) is 0 Å². The van der Waals surface area contributed by atoms with E-state index in [4.69, 9.17) is 0 Å². The molecule has 3 aliphatic heterocycles. The van der Waals surface area contributed by atoms with Crippen molar-refractivity contribution in [1.29, 1.82) is 0 Å². The molecule has 3 saturated heterocycles. The lowest BCUT2D eigenvalue weighted by atomic mass is 9.77. The molecule has 0 aromatic carbocycles. The summed E-state index contributed by atoms with van der Waals surface area (Å²) in [7, 11) is 0. The van der Waals surface area contributed by atoms with Crippen LogP contribution < -0.4 is 0 Å². The number of likely N-dealkylation sites (tertiary alicyclic amines) is 3. The standard InChI is InChI=1S/C17H33N3/c1-14(2)18-8-5-16(6-9-18)20-12-17(13-20)7-10-19(11-17)15(3)4/h14-16H,5-13H2,1-4H3. The van der Waals surface area contributed by atoms with E-state index in [9.17, 15) is 0 Å². The summed E-state index contributed by atoms with van der Waals surface area (Å²) in [6.45, 7) is 17.4. The Kier molecular flexibility index (Phi) is 4.13. The molecule has 0 amide bonds. The summed E-state index contributed by atoms with van der Waals surface area (Å²) < 4.78 is 0. The van der Waals surface area contributed by atoms with Crippen LogP contribution in [-0.2, 0) is 0 Å². The Morgan fingerprint density at radius 3 is 1.90 bits per heavy atom. The van der Waals surface area contributed by atoms with Gasteiger partial charge >= 0.3 is 0 Å². The molecule has 0 aromatic heterocycles. The van der Waals surface area contributed by atoms with Gasteiger partial charge in [0, 0.05) is 43.2 Å². The highest BCUT2D eigenvalue weighted by atomic mass is 15.3. The molecule has 3 rings (SSSR count). The average Bonchev–Trinajstić information content (AvgIpc) is 2.82. The minimum atomic E-state index is 0.666. The van der Waals surface area contributed by atoms with Crippen LogP contribution in [0, 0.1) is 5.41 Å². The first-order chi connectivity index (χ1) is 9.49. The van der Waals surface area contributed by atoms with E-state index in [0.29, 0.717) is 5.41 Å². The lowest BCUT2D eigenvalue weighted by Gasteiger charge is -2.53. The summed E-state index contributed by atoms with van der Waals surface area (Å²) in [5.74, 6) is 0. The van der Waals surface area contributed by atoms with Gasteiger partial charge in [-0.05, 0) is 66.6 Å². The normalized spacial score (nSPS) is 29.7. The third-order valence-electron chi connectivity index (χ3n) is 6.02. The molecule has 0 aliphatic carbocycles. The number of rotatable bonds is 3. The topological polar surface area (TPSA) is 9.72 Å². The summed E-state index contributed by atoms with van der Waals surface area (Å²) in [6, 6.07) is 2.34. The second-order valence-corrected chi connectivity index (χ2v) is 8.08. The molecule has 3 heterocycles. The third-order valence-corrected chi connectivity index (χ3v) is 6.02. The number of hydrogen-bond acceptors (Lipinski definition) is 3.